The molecule has 1 aliphatic rings. The molecule has 0 amide bonds. The van der Waals surface area contributed by atoms with E-state index in [1.807, 2.05) is 0 Å². The van der Waals surface area contributed by atoms with E-state index < -0.39 is 19.7 Å². The van der Waals surface area contributed by atoms with E-state index in [4.69, 9.17) is 20.3 Å². The number of nitrogens with two attached hydrogens (primary N) is 1. The lowest BCUT2D eigenvalue weighted by molar-refractivity contribution is 0.0790. The number of rotatable bonds is 3. The summed E-state index contributed by atoms with van der Waals surface area (Å²) in [6.45, 7) is 1.49. The van der Waals surface area contributed by atoms with Crippen molar-refractivity contribution >= 4 is 13.6 Å². The van der Waals surface area contributed by atoms with Gasteiger partial charge in [0.05, 0.1) is 6.42 Å². The maximum absolute atomic E-state index is 11.6. The predicted octanol–water partition coefficient (Wildman–Crippen LogP) is 0.0852. The van der Waals surface area contributed by atoms with Gasteiger partial charge >= 0.3 is 13.5 Å². The van der Waals surface area contributed by atoms with Gasteiger partial charge in [0.2, 0.25) is 0 Å². The highest BCUT2D eigenvalue weighted by Gasteiger charge is 2.31. The van der Waals surface area contributed by atoms with Crippen LogP contribution in [0.4, 0.5) is 5.82 Å². The molecule has 19 heavy (non-hydrogen) atoms. The maximum Gasteiger partial charge on any atom is 0.524 e. The van der Waals surface area contributed by atoms with Crippen LogP contribution in [0.3, 0.4) is 0 Å². The van der Waals surface area contributed by atoms with Gasteiger partial charge in [-0.1, -0.05) is 0 Å². The lowest BCUT2D eigenvalue weighted by Crippen LogP contribution is -2.27. The summed E-state index contributed by atoms with van der Waals surface area (Å²) < 4.78 is 21.7. The Morgan fingerprint density at radius 3 is 2.89 bits per heavy atom. The van der Waals surface area contributed by atoms with Crippen molar-refractivity contribution in [1.29, 1.82) is 0 Å². The summed E-state index contributed by atoms with van der Waals surface area (Å²) in [6.07, 6.45) is 0.646. The second kappa shape index (κ2) is 4.69. The Kier molecular flexibility index (Phi) is 3.36. The highest BCUT2D eigenvalue weighted by Crippen LogP contribution is 2.44. The molecule has 10 heteroatoms. The normalized spacial score (nSPS) is 19.4. The Hall–Kier alpha value is -1.83. The summed E-state index contributed by atoms with van der Waals surface area (Å²) in [7, 11) is -4.65. The van der Waals surface area contributed by atoms with Crippen LogP contribution in [0.2, 0.25) is 0 Å². The van der Waals surface area contributed by atoms with E-state index in [-0.39, 0.29) is 23.8 Å². The summed E-state index contributed by atoms with van der Waals surface area (Å²) in [5, 5.41) is 0. The Morgan fingerprint density at radius 1 is 1.63 bits per heavy atom. The second-order valence-corrected chi connectivity index (χ2v) is 5.04. The molecule has 0 radical (unpaired) electrons. The van der Waals surface area contributed by atoms with E-state index in [2.05, 4.69) is 9.51 Å². The summed E-state index contributed by atoms with van der Waals surface area (Å²) in [5.41, 5.74) is 4.75. The van der Waals surface area contributed by atoms with Crippen LogP contribution >= 0.6 is 7.82 Å². The van der Waals surface area contributed by atoms with Gasteiger partial charge in [0.1, 0.15) is 11.6 Å². The molecule has 1 atom stereocenters. The van der Waals surface area contributed by atoms with Crippen LogP contribution in [0.5, 0.6) is 0 Å². The SMILES string of the molecule is CC1=C(OP(=O)(O)O)C[C@H](n2ccc(N)nc2=O)O1. The van der Waals surface area contributed by atoms with Crippen molar-refractivity contribution in [1.82, 2.24) is 9.55 Å². The number of phosphoric acid groups is 1. The van der Waals surface area contributed by atoms with E-state index in [1.54, 1.807) is 0 Å². The summed E-state index contributed by atoms with van der Waals surface area (Å²) in [4.78, 5) is 32.6. The van der Waals surface area contributed by atoms with E-state index in [0.29, 0.717) is 0 Å². The number of allylic oxidation sites excluding steroid dienone is 1. The minimum Gasteiger partial charge on any atom is -0.471 e. The monoisotopic (exact) mass is 289 g/mol. The van der Waals surface area contributed by atoms with Crippen molar-refractivity contribution in [3.63, 3.8) is 0 Å². The fraction of sp³-hybridized carbons (Fsp3) is 0.333. The molecule has 0 aliphatic carbocycles. The Bertz CT molecular complexity index is 633. The molecule has 2 heterocycles. The summed E-state index contributed by atoms with van der Waals surface area (Å²) >= 11 is 0. The van der Waals surface area contributed by atoms with Crippen LogP contribution in [0.1, 0.15) is 19.6 Å². The molecule has 2 rings (SSSR count). The van der Waals surface area contributed by atoms with Crippen LogP contribution in [0.15, 0.2) is 28.6 Å². The third-order valence-electron chi connectivity index (χ3n) is 2.46. The highest BCUT2D eigenvalue weighted by molar-refractivity contribution is 7.46. The molecule has 0 aromatic carbocycles. The van der Waals surface area contributed by atoms with Gasteiger partial charge in [0, 0.05) is 6.20 Å². The zero-order valence-corrected chi connectivity index (χ0v) is 10.8. The molecule has 104 valence electrons. The molecular formula is C9H12N3O6P. The van der Waals surface area contributed by atoms with Crippen molar-refractivity contribution in [3.8, 4) is 0 Å². The number of hydrogen-bond acceptors (Lipinski definition) is 6. The number of ether oxygens (including phenoxy) is 1. The van der Waals surface area contributed by atoms with Gasteiger partial charge in [-0.15, -0.1) is 0 Å². The molecule has 0 spiro atoms. The van der Waals surface area contributed by atoms with Crippen molar-refractivity contribution in [2.75, 3.05) is 5.73 Å². The van der Waals surface area contributed by atoms with Gasteiger partial charge in [-0.2, -0.15) is 4.98 Å². The summed E-state index contributed by atoms with van der Waals surface area (Å²) in [5.74, 6) is 0.287. The predicted molar refractivity (Wildman–Crippen MR) is 63.5 cm³/mol. The van der Waals surface area contributed by atoms with Crippen molar-refractivity contribution in [2.45, 2.75) is 19.6 Å². The van der Waals surface area contributed by atoms with Gasteiger partial charge in [-0.3, -0.25) is 14.4 Å². The number of phosphoric ester groups is 1. The van der Waals surface area contributed by atoms with Crippen LogP contribution in [0.25, 0.3) is 0 Å². The minimum absolute atomic E-state index is 0.00191. The standard InChI is InChI=1S/C9H12N3O6P/c1-5-6(18-19(14,15)16)4-8(17-5)12-3-2-7(10)11-9(12)13/h2-3,8H,4H2,1H3,(H2,10,11,13)(H2,14,15,16)/t8-/m1/s1. The molecule has 1 aromatic heterocycles. The average molecular weight is 289 g/mol. The molecule has 1 aromatic rings. The number of nitrogen functional groups attached to an aromatic ring is 1. The number of hydrogen-bond donors (Lipinski definition) is 3. The van der Waals surface area contributed by atoms with Gasteiger partial charge in [-0.05, 0) is 13.0 Å². The van der Waals surface area contributed by atoms with Crippen LogP contribution in [0, 0.1) is 0 Å². The Balaban J connectivity index is 2.20. The average Bonchev–Trinajstić information content (AvgIpc) is 2.57. The largest absolute Gasteiger partial charge is 0.524 e. The lowest BCUT2D eigenvalue weighted by Gasteiger charge is -2.13. The van der Waals surface area contributed by atoms with Crippen molar-refractivity contribution in [2.24, 2.45) is 0 Å². The lowest BCUT2D eigenvalue weighted by atomic mass is 10.3. The molecule has 4 N–H and O–H groups in total. The Morgan fingerprint density at radius 2 is 2.32 bits per heavy atom. The van der Waals surface area contributed by atoms with E-state index >= 15 is 0 Å². The minimum atomic E-state index is -4.65. The van der Waals surface area contributed by atoms with E-state index in [0.717, 1.165) is 4.57 Å². The van der Waals surface area contributed by atoms with Crippen LogP contribution in [-0.2, 0) is 13.8 Å². The zero-order valence-electron chi connectivity index (χ0n) is 9.89. The third-order valence-corrected chi connectivity index (χ3v) is 2.91. The van der Waals surface area contributed by atoms with E-state index in [9.17, 15) is 9.36 Å². The second-order valence-electron chi connectivity index (χ2n) is 3.88. The van der Waals surface area contributed by atoms with Gasteiger partial charge in [0.25, 0.3) is 0 Å². The number of aromatic nitrogens is 2. The first-order chi connectivity index (χ1) is 8.76. The molecule has 1 aliphatic heterocycles. The third kappa shape index (κ3) is 3.14. The first-order valence-corrected chi connectivity index (χ1v) is 6.75. The van der Waals surface area contributed by atoms with Gasteiger partial charge in [-0.25, -0.2) is 9.36 Å². The molecule has 9 nitrogen and oxygen atoms in total. The highest BCUT2D eigenvalue weighted by atomic mass is 31.2. The fourth-order valence-corrected chi connectivity index (χ4v) is 2.15. The molecule has 0 fully saturated rings. The molecule has 0 saturated heterocycles. The molecule has 0 bridgehead atoms. The van der Waals surface area contributed by atoms with Gasteiger partial charge < -0.3 is 15.0 Å². The fourth-order valence-electron chi connectivity index (χ4n) is 1.66. The zero-order chi connectivity index (χ0) is 14.2. The number of nitrogens with zero attached hydrogens (tertiary/aromatic N) is 2. The van der Waals surface area contributed by atoms with E-state index in [1.165, 1.54) is 19.2 Å². The topological polar surface area (TPSA) is 137 Å². The van der Waals surface area contributed by atoms with Crippen molar-refractivity contribution in [3.05, 3.63) is 34.3 Å². The first-order valence-electron chi connectivity index (χ1n) is 5.22. The maximum atomic E-state index is 11.6. The van der Waals surface area contributed by atoms with Crippen LogP contribution < -0.4 is 11.4 Å². The van der Waals surface area contributed by atoms with Gasteiger partial charge in [0.15, 0.2) is 12.0 Å². The number of anilines is 1. The van der Waals surface area contributed by atoms with Crippen molar-refractivity contribution < 1.29 is 23.6 Å². The molecule has 0 saturated carbocycles. The molecule has 0 unspecified atom stereocenters. The summed E-state index contributed by atoms with van der Waals surface area (Å²) in [6, 6.07) is 1.42. The Labute approximate surface area is 107 Å². The molecular weight excluding hydrogens is 277 g/mol. The quantitative estimate of drug-likeness (QED) is 0.665. The first kappa shape index (κ1) is 13.6. The smallest absolute Gasteiger partial charge is 0.471 e. The van der Waals surface area contributed by atoms with Crippen LogP contribution in [-0.4, -0.2) is 19.3 Å².